The summed E-state index contributed by atoms with van der Waals surface area (Å²) in [4.78, 5) is 0. The van der Waals surface area contributed by atoms with E-state index in [1.807, 2.05) is 0 Å². The first-order chi connectivity index (χ1) is 7.59. The molecule has 0 aliphatic heterocycles. The van der Waals surface area contributed by atoms with E-state index in [1.165, 1.54) is 16.7 Å². The van der Waals surface area contributed by atoms with Gasteiger partial charge in [-0.3, -0.25) is 0 Å². The van der Waals surface area contributed by atoms with Crippen LogP contribution in [0.2, 0.25) is 0 Å². The lowest BCUT2D eigenvalue weighted by Crippen LogP contribution is -2.23. The van der Waals surface area contributed by atoms with Crippen molar-refractivity contribution in [1.82, 2.24) is 5.32 Å². The summed E-state index contributed by atoms with van der Waals surface area (Å²) in [5.41, 5.74) is 4.01. The second-order valence-corrected chi connectivity index (χ2v) is 4.66. The van der Waals surface area contributed by atoms with Gasteiger partial charge in [-0.2, -0.15) is 0 Å². The van der Waals surface area contributed by atoms with Gasteiger partial charge in [-0.15, -0.1) is 0 Å². The summed E-state index contributed by atoms with van der Waals surface area (Å²) in [5, 5.41) is 3.40. The Hall–Kier alpha value is -1.08. The van der Waals surface area contributed by atoms with Crippen LogP contribution in [0.25, 0.3) is 6.08 Å². The zero-order chi connectivity index (χ0) is 12.0. The fourth-order valence-electron chi connectivity index (χ4n) is 1.68. The fraction of sp³-hybridized carbons (Fsp3) is 0.467. The maximum absolute atomic E-state index is 3.40. The minimum atomic E-state index is 0.578. The molecule has 88 valence electrons. The van der Waals surface area contributed by atoms with Gasteiger partial charge < -0.3 is 5.32 Å². The van der Waals surface area contributed by atoms with Crippen LogP contribution in [0.1, 0.15) is 37.0 Å². The molecule has 1 aromatic rings. The molecule has 0 unspecified atom stereocenters. The molecule has 0 heterocycles. The molecule has 0 aliphatic carbocycles. The number of nitrogens with one attached hydrogen (secondary N) is 1. The monoisotopic (exact) mass is 217 g/mol. The molecule has 0 amide bonds. The number of rotatable bonds is 5. The van der Waals surface area contributed by atoms with Gasteiger partial charge in [0.2, 0.25) is 0 Å². The van der Waals surface area contributed by atoms with Crippen molar-refractivity contribution in [3.63, 3.8) is 0 Å². The van der Waals surface area contributed by atoms with Crippen LogP contribution in [0.4, 0.5) is 0 Å². The van der Waals surface area contributed by atoms with Crippen molar-refractivity contribution in [3.8, 4) is 0 Å². The van der Waals surface area contributed by atoms with E-state index in [0.29, 0.717) is 6.04 Å². The number of hydrogen-bond donors (Lipinski definition) is 1. The Morgan fingerprint density at radius 1 is 1.25 bits per heavy atom. The highest BCUT2D eigenvalue weighted by Gasteiger charge is 1.94. The molecule has 1 aromatic carbocycles. The summed E-state index contributed by atoms with van der Waals surface area (Å²) in [7, 11) is 0. The third kappa shape index (κ3) is 4.63. The van der Waals surface area contributed by atoms with Crippen molar-refractivity contribution in [1.29, 1.82) is 0 Å². The van der Waals surface area contributed by atoms with Crippen molar-refractivity contribution >= 4 is 6.08 Å². The van der Waals surface area contributed by atoms with Crippen molar-refractivity contribution in [2.75, 3.05) is 6.54 Å². The van der Waals surface area contributed by atoms with Crippen LogP contribution in [0.15, 0.2) is 24.3 Å². The average Bonchev–Trinajstić information content (AvgIpc) is 2.20. The van der Waals surface area contributed by atoms with Crippen LogP contribution in [-0.2, 0) is 0 Å². The smallest absolute Gasteiger partial charge is 0.00105 e. The van der Waals surface area contributed by atoms with E-state index in [9.17, 15) is 0 Å². The van der Waals surface area contributed by atoms with Crippen LogP contribution in [0.5, 0.6) is 0 Å². The van der Waals surface area contributed by atoms with E-state index in [0.717, 1.165) is 13.0 Å². The van der Waals surface area contributed by atoms with Crippen LogP contribution < -0.4 is 5.32 Å². The second-order valence-electron chi connectivity index (χ2n) is 4.66. The lowest BCUT2D eigenvalue weighted by atomic mass is 10.1. The Morgan fingerprint density at radius 3 is 2.62 bits per heavy atom. The highest BCUT2D eigenvalue weighted by Crippen LogP contribution is 2.12. The zero-order valence-corrected chi connectivity index (χ0v) is 10.9. The topological polar surface area (TPSA) is 12.0 Å². The van der Waals surface area contributed by atoms with Gasteiger partial charge >= 0.3 is 0 Å². The number of benzene rings is 1. The third-order valence-electron chi connectivity index (χ3n) is 2.59. The summed E-state index contributed by atoms with van der Waals surface area (Å²) >= 11 is 0. The standard InChI is InChI=1S/C15H23N/c1-12(2)16-10-6-5-7-15-9-8-13(3)11-14(15)4/h5,7-9,11-12,16H,6,10H2,1-4H3. The Morgan fingerprint density at radius 2 is 2.00 bits per heavy atom. The van der Waals surface area contributed by atoms with Crippen molar-refractivity contribution in [3.05, 3.63) is 41.0 Å². The fourth-order valence-corrected chi connectivity index (χ4v) is 1.68. The van der Waals surface area contributed by atoms with E-state index in [4.69, 9.17) is 0 Å². The van der Waals surface area contributed by atoms with Crippen LogP contribution in [0, 0.1) is 13.8 Å². The zero-order valence-electron chi connectivity index (χ0n) is 10.9. The maximum Gasteiger partial charge on any atom is 0.00105 e. The number of hydrogen-bond acceptors (Lipinski definition) is 1. The van der Waals surface area contributed by atoms with Gasteiger partial charge in [0.15, 0.2) is 0 Å². The Balaban J connectivity index is 2.44. The predicted molar refractivity (Wildman–Crippen MR) is 72.7 cm³/mol. The molecule has 16 heavy (non-hydrogen) atoms. The van der Waals surface area contributed by atoms with Gasteiger partial charge in [0, 0.05) is 6.04 Å². The Labute approximate surface area is 99.6 Å². The summed E-state index contributed by atoms with van der Waals surface area (Å²) in [6.45, 7) is 9.70. The molecular weight excluding hydrogens is 194 g/mol. The van der Waals surface area contributed by atoms with E-state index >= 15 is 0 Å². The van der Waals surface area contributed by atoms with Crippen molar-refractivity contribution in [2.45, 2.75) is 40.2 Å². The van der Waals surface area contributed by atoms with E-state index in [-0.39, 0.29) is 0 Å². The highest BCUT2D eigenvalue weighted by atomic mass is 14.9. The molecule has 1 N–H and O–H groups in total. The van der Waals surface area contributed by atoms with Crippen LogP contribution in [-0.4, -0.2) is 12.6 Å². The van der Waals surface area contributed by atoms with Gasteiger partial charge in [0.05, 0.1) is 0 Å². The van der Waals surface area contributed by atoms with Gasteiger partial charge in [-0.25, -0.2) is 0 Å². The quantitative estimate of drug-likeness (QED) is 0.741. The molecule has 0 saturated heterocycles. The normalized spacial score (nSPS) is 11.6. The lowest BCUT2D eigenvalue weighted by molar-refractivity contribution is 0.595. The summed E-state index contributed by atoms with van der Waals surface area (Å²) in [6.07, 6.45) is 5.55. The molecule has 0 bridgehead atoms. The molecule has 0 spiro atoms. The second kappa shape index (κ2) is 6.49. The van der Waals surface area contributed by atoms with Crippen molar-refractivity contribution in [2.24, 2.45) is 0 Å². The Bertz CT molecular complexity index is 350. The minimum absolute atomic E-state index is 0.578. The molecule has 0 aromatic heterocycles. The molecule has 0 fully saturated rings. The largest absolute Gasteiger partial charge is 0.314 e. The maximum atomic E-state index is 3.40. The Kier molecular flexibility index (Phi) is 5.27. The number of aryl methyl sites for hydroxylation is 2. The molecule has 0 saturated carbocycles. The van der Waals surface area contributed by atoms with Gasteiger partial charge in [-0.1, -0.05) is 49.8 Å². The van der Waals surface area contributed by atoms with Crippen LogP contribution in [0.3, 0.4) is 0 Å². The summed E-state index contributed by atoms with van der Waals surface area (Å²) in [5.74, 6) is 0. The first-order valence-electron chi connectivity index (χ1n) is 6.07. The van der Waals surface area contributed by atoms with Crippen molar-refractivity contribution < 1.29 is 0 Å². The minimum Gasteiger partial charge on any atom is -0.314 e. The SMILES string of the molecule is Cc1ccc(C=CCCNC(C)C)c(C)c1. The summed E-state index contributed by atoms with van der Waals surface area (Å²) in [6, 6.07) is 7.16. The molecule has 0 aliphatic rings. The molecular formula is C15H23N. The van der Waals surface area contributed by atoms with E-state index in [2.05, 4.69) is 63.4 Å². The molecule has 0 radical (unpaired) electrons. The van der Waals surface area contributed by atoms with E-state index < -0.39 is 0 Å². The third-order valence-corrected chi connectivity index (χ3v) is 2.59. The lowest BCUT2D eigenvalue weighted by Gasteiger charge is -2.05. The first kappa shape index (κ1) is 13.0. The van der Waals surface area contributed by atoms with Gasteiger partial charge in [0.25, 0.3) is 0 Å². The molecule has 1 heteroatoms. The first-order valence-corrected chi connectivity index (χ1v) is 6.07. The van der Waals surface area contributed by atoms with Crippen LogP contribution >= 0.6 is 0 Å². The van der Waals surface area contributed by atoms with Gasteiger partial charge in [0.1, 0.15) is 0 Å². The summed E-state index contributed by atoms with van der Waals surface area (Å²) < 4.78 is 0. The van der Waals surface area contributed by atoms with E-state index in [1.54, 1.807) is 0 Å². The average molecular weight is 217 g/mol. The molecule has 0 atom stereocenters. The highest BCUT2D eigenvalue weighted by molar-refractivity contribution is 5.54. The molecule has 1 rings (SSSR count). The molecule has 1 nitrogen and oxygen atoms in total. The van der Waals surface area contributed by atoms with Gasteiger partial charge in [-0.05, 0) is 37.9 Å². The predicted octanol–water partition coefficient (Wildman–Crippen LogP) is 3.70.